The minimum Gasteiger partial charge on any atom is -0.456 e. The van der Waals surface area contributed by atoms with E-state index in [0.717, 1.165) is 25.1 Å². The van der Waals surface area contributed by atoms with Gasteiger partial charge in [-0.2, -0.15) is 13.2 Å². The highest BCUT2D eigenvalue weighted by Crippen LogP contribution is 2.58. The fourth-order valence-electron chi connectivity index (χ4n) is 3.45. The van der Waals surface area contributed by atoms with Crippen molar-refractivity contribution >= 4 is 48.1 Å². The van der Waals surface area contributed by atoms with Crippen LogP contribution in [-0.4, -0.2) is 33.6 Å². The number of rotatable bonds is 0. The van der Waals surface area contributed by atoms with Crippen LogP contribution in [0.1, 0.15) is 33.2 Å². The molecule has 0 N–H and O–H groups in total. The number of hydrogen-bond donors (Lipinski definition) is 0. The lowest BCUT2D eigenvalue weighted by Crippen LogP contribution is -2.43. The van der Waals surface area contributed by atoms with Crippen molar-refractivity contribution in [2.45, 2.75) is 18.5 Å². The number of alkyl halides is 3. The van der Waals surface area contributed by atoms with Gasteiger partial charge in [-0.25, -0.2) is 19.2 Å². The average Bonchev–Trinajstić information content (AvgIpc) is 3.07. The fraction of sp³-hybridized carbons (Fsp3) is 0.167. The lowest BCUT2D eigenvalue weighted by Gasteiger charge is -2.39. The first-order chi connectivity index (χ1) is 13.5. The molecular weight excluding hydrogens is 512 g/mol. The summed E-state index contributed by atoms with van der Waals surface area (Å²) in [6.45, 7) is 0.916. The monoisotopic (exact) mass is 518 g/mol. The van der Waals surface area contributed by atoms with Gasteiger partial charge in [-0.1, -0.05) is 20.7 Å². The van der Waals surface area contributed by atoms with E-state index in [1.54, 1.807) is 0 Å². The topological polar surface area (TPSA) is 96.0 Å². The molecule has 4 aliphatic rings. The molecule has 1 unspecified atom stereocenters. The summed E-state index contributed by atoms with van der Waals surface area (Å²) in [5.74, 6) is -4.43. The summed E-state index contributed by atoms with van der Waals surface area (Å²) in [5.41, 5.74) is -3.59. The third kappa shape index (κ3) is 2.21. The first kappa shape index (κ1) is 18.2. The molecule has 5 rings (SSSR count). The Kier molecular flexibility index (Phi) is 3.39. The Morgan fingerprint density at radius 1 is 0.897 bits per heavy atom. The molecule has 0 radical (unpaired) electrons. The number of hydrogen-bond acceptors (Lipinski definition) is 7. The first-order valence-electron chi connectivity index (χ1n) is 7.97. The van der Waals surface area contributed by atoms with Crippen molar-refractivity contribution in [3.8, 4) is 5.75 Å². The van der Waals surface area contributed by atoms with Gasteiger partial charge in [-0.3, -0.25) is 0 Å². The molecule has 29 heavy (non-hydrogen) atoms. The largest absolute Gasteiger partial charge is 0.456 e. The lowest BCUT2D eigenvalue weighted by atomic mass is 9.78. The maximum absolute atomic E-state index is 14.4. The number of carbonyl (C=O) groups excluding carboxylic acids is 4. The van der Waals surface area contributed by atoms with Gasteiger partial charge in [-0.05, 0) is 25.1 Å². The van der Waals surface area contributed by atoms with Crippen LogP contribution < -0.4 is 4.74 Å². The summed E-state index contributed by atoms with van der Waals surface area (Å²) in [6.07, 6.45) is -3.77. The Bertz CT molecular complexity index is 1200. The summed E-state index contributed by atoms with van der Waals surface area (Å²) in [7, 11) is 0. The molecule has 11 heteroatoms. The molecule has 1 aromatic carbocycles. The third-order valence-electron chi connectivity index (χ3n) is 5.01. The Morgan fingerprint density at radius 2 is 1.52 bits per heavy atom. The van der Waals surface area contributed by atoms with Crippen molar-refractivity contribution in [2.75, 3.05) is 0 Å². The molecule has 7 nitrogen and oxygen atoms in total. The van der Waals surface area contributed by atoms with Crippen LogP contribution in [0.4, 0.5) is 13.2 Å². The SMILES string of the molecule is CC1(C(F)(F)F)C2=C(C=C3C(=O)OC(=O)C3=I2)Oc2cc3c(cc21)C(=O)OC3=O. The lowest BCUT2D eigenvalue weighted by molar-refractivity contribution is -0.173. The molecule has 4 heterocycles. The van der Waals surface area contributed by atoms with Crippen LogP contribution in [-0.2, 0) is 24.5 Å². The van der Waals surface area contributed by atoms with Gasteiger partial charge in [0.15, 0.2) is 0 Å². The fourth-order valence-corrected chi connectivity index (χ4v) is 6.65. The van der Waals surface area contributed by atoms with Crippen molar-refractivity contribution < 1.29 is 46.6 Å². The number of allylic oxidation sites excluding steroid dienone is 2. The highest BCUT2D eigenvalue weighted by molar-refractivity contribution is 14.2. The van der Waals surface area contributed by atoms with Crippen LogP contribution in [0, 0.1) is 0 Å². The van der Waals surface area contributed by atoms with Crippen molar-refractivity contribution in [1.82, 2.24) is 0 Å². The van der Waals surface area contributed by atoms with Crippen LogP contribution in [0.5, 0.6) is 5.75 Å². The molecule has 0 bridgehead atoms. The predicted octanol–water partition coefficient (Wildman–Crippen LogP) is 2.59. The van der Waals surface area contributed by atoms with Gasteiger partial charge >= 0.3 is 30.1 Å². The number of fused-ring (bicyclic) bond motifs is 3. The maximum Gasteiger partial charge on any atom is 0.402 e. The van der Waals surface area contributed by atoms with Gasteiger partial charge in [0.25, 0.3) is 0 Å². The van der Waals surface area contributed by atoms with E-state index in [1.807, 2.05) is 0 Å². The zero-order chi connectivity index (χ0) is 20.9. The Hall–Kier alpha value is -2.83. The van der Waals surface area contributed by atoms with E-state index in [1.165, 1.54) is 0 Å². The van der Waals surface area contributed by atoms with E-state index in [0.29, 0.717) is 0 Å². The summed E-state index contributed by atoms with van der Waals surface area (Å²) < 4.78 is 57.4. The molecule has 1 aromatic rings. The quantitative estimate of drug-likeness (QED) is 0.296. The van der Waals surface area contributed by atoms with Crippen molar-refractivity contribution in [2.24, 2.45) is 0 Å². The van der Waals surface area contributed by atoms with E-state index in [2.05, 4.69) is 9.47 Å². The molecule has 4 aliphatic heterocycles. The zero-order valence-electron chi connectivity index (χ0n) is 14.1. The molecule has 0 saturated carbocycles. The summed E-state index contributed by atoms with van der Waals surface area (Å²) >= 11 is -1.76. The van der Waals surface area contributed by atoms with E-state index in [-0.39, 0.29) is 40.9 Å². The van der Waals surface area contributed by atoms with Gasteiger partial charge in [0.1, 0.15) is 20.4 Å². The second kappa shape index (κ2) is 5.40. The predicted molar refractivity (Wildman–Crippen MR) is 95.5 cm³/mol. The standard InChI is InChI=1S/C18H6F3IO7/c1-17(18(19,20)21)8-2-5-6(14(24)28-13(5)23)3-9(8)27-10-4-7-11(22-12(10)17)16(26)29-15(7)25/h2-4H,1H3. The Balaban J connectivity index is 1.81. The third-order valence-corrected chi connectivity index (χ3v) is 8.72. The van der Waals surface area contributed by atoms with Gasteiger partial charge < -0.3 is 14.2 Å². The highest BCUT2D eigenvalue weighted by Gasteiger charge is 2.60. The first-order valence-corrected chi connectivity index (χ1v) is 10.1. The minimum atomic E-state index is -4.83. The molecular formula is C18H6F3IO7. The number of cyclic esters (lactones) is 4. The molecule has 0 amide bonds. The van der Waals surface area contributed by atoms with E-state index in [9.17, 15) is 32.3 Å². The maximum atomic E-state index is 14.4. The highest BCUT2D eigenvalue weighted by atomic mass is 127. The van der Waals surface area contributed by atoms with Crippen molar-refractivity contribution in [1.29, 1.82) is 0 Å². The molecule has 1 atom stereocenters. The van der Waals surface area contributed by atoms with E-state index in [4.69, 9.17) is 4.74 Å². The summed E-state index contributed by atoms with van der Waals surface area (Å²) in [5, 5.41) is 0. The summed E-state index contributed by atoms with van der Waals surface area (Å²) in [6, 6.07) is 1.97. The normalized spacial score (nSPS) is 25.0. The number of carbonyl (C=O) groups is 4. The van der Waals surface area contributed by atoms with Gasteiger partial charge in [0, 0.05) is 9.14 Å². The number of benzene rings is 1. The molecule has 0 spiro atoms. The van der Waals surface area contributed by atoms with Gasteiger partial charge in [0.2, 0.25) is 0 Å². The number of ether oxygens (including phenoxy) is 3. The Morgan fingerprint density at radius 3 is 2.17 bits per heavy atom. The van der Waals surface area contributed by atoms with Crippen LogP contribution in [0.15, 0.2) is 33.1 Å². The van der Waals surface area contributed by atoms with Crippen LogP contribution in [0.25, 0.3) is 0 Å². The van der Waals surface area contributed by atoms with Crippen molar-refractivity contribution in [3.63, 3.8) is 0 Å². The van der Waals surface area contributed by atoms with Crippen LogP contribution in [0.3, 0.4) is 0 Å². The second-order valence-electron chi connectivity index (χ2n) is 6.62. The summed E-state index contributed by atoms with van der Waals surface area (Å²) in [4.78, 5) is 47.4. The van der Waals surface area contributed by atoms with E-state index >= 15 is 0 Å². The number of esters is 4. The molecule has 148 valence electrons. The number of halogens is 4. The van der Waals surface area contributed by atoms with Crippen LogP contribution in [0.2, 0.25) is 0 Å². The second-order valence-corrected chi connectivity index (χ2v) is 9.31. The Labute approximate surface area is 168 Å². The average molecular weight is 518 g/mol. The van der Waals surface area contributed by atoms with E-state index < -0.39 is 56.2 Å². The van der Waals surface area contributed by atoms with Crippen LogP contribution >= 0.6 is 20.7 Å². The van der Waals surface area contributed by atoms with Gasteiger partial charge in [0.05, 0.1) is 16.7 Å². The smallest absolute Gasteiger partial charge is 0.402 e. The minimum absolute atomic E-state index is 0.0779. The molecule has 1 fully saturated rings. The zero-order valence-corrected chi connectivity index (χ0v) is 16.3. The van der Waals surface area contributed by atoms with Crippen molar-refractivity contribution in [3.05, 3.63) is 49.8 Å². The van der Waals surface area contributed by atoms with Gasteiger partial charge in [-0.15, -0.1) is 0 Å². The molecule has 1 saturated heterocycles. The molecule has 0 aromatic heterocycles. The molecule has 0 aliphatic carbocycles.